The van der Waals surface area contributed by atoms with E-state index >= 15 is 0 Å². The third-order valence-electron chi connectivity index (χ3n) is 4.38. The summed E-state index contributed by atoms with van der Waals surface area (Å²) in [7, 11) is 1.66. The highest BCUT2D eigenvalue weighted by Crippen LogP contribution is 2.33. The summed E-state index contributed by atoms with van der Waals surface area (Å²) in [5.41, 5.74) is 3.29. The summed E-state index contributed by atoms with van der Waals surface area (Å²) < 4.78 is 11.3. The maximum atomic E-state index is 6.12. The highest BCUT2D eigenvalue weighted by Gasteiger charge is 2.16. The van der Waals surface area contributed by atoms with Crippen LogP contribution in [-0.4, -0.2) is 19.9 Å². The predicted molar refractivity (Wildman–Crippen MR) is 105 cm³/mol. The van der Waals surface area contributed by atoms with Crippen molar-refractivity contribution < 1.29 is 9.47 Å². The first-order chi connectivity index (χ1) is 12.8. The van der Waals surface area contributed by atoms with E-state index in [9.17, 15) is 0 Å². The van der Waals surface area contributed by atoms with Gasteiger partial charge in [-0.2, -0.15) is 0 Å². The number of nitrogens with zero attached hydrogens (tertiary/aromatic N) is 2. The van der Waals surface area contributed by atoms with Crippen LogP contribution in [0.15, 0.2) is 77.8 Å². The van der Waals surface area contributed by atoms with Crippen molar-refractivity contribution in [2.45, 2.75) is 6.54 Å². The number of para-hydroxylation sites is 3. The van der Waals surface area contributed by atoms with Gasteiger partial charge in [-0.1, -0.05) is 30.3 Å². The van der Waals surface area contributed by atoms with Crippen molar-refractivity contribution in [3.63, 3.8) is 0 Å². The molecule has 0 fully saturated rings. The van der Waals surface area contributed by atoms with E-state index in [0.29, 0.717) is 0 Å². The second kappa shape index (κ2) is 7.31. The van der Waals surface area contributed by atoms with E-state index in [1.807, 2.05) is 66.9 Å². The van der Waals surface area contributed by atoms with Gasteiger partial charge >= 0.3 is 0 Å². The Morgan fingerprint density at radius 1 is 0.885 bits per heavy atom. The number of aliphatic imine (C=N–C) groups is 1. The molecule has 26 heavy (non-hydrogen) atoms. The summed E-state index contributed by atoms with van der Waals surface area (Å²) in [5, 5.41) is 0. The van der Waals surface area contributed by atoms with Crippen LogP contribution in [0.4, 0.5) is 11.4 Å². The van der Waals surface area contributed by atoms with Gasteiger partial charge in [0, 0.05) is 18.3 Å². The van der Waals surface area contributed by atoms with Gasteiger partial charge in [0.2, 0.25) is 0 Å². The topological polar surface area (TPSA) is 34.1 Å². The van der Waals surface area contributed by atoms with Gasteiger partial charge < -0.3 is 14.4 Å². The second-order valence-corrected chi connectivity index (χ2v) is 6.07. The van der Waals surface area contributed by atoms with Crippen molar-refractivity contribution in [2.24, 2.45) is 4.99 Å². The molecule has 0 radical (unpaired) electrons. The van der Waals surface area contributed by atoms with Gasteiger partial charge in [0.25, 0.3) is 0 Å². The van der Waals surface area contributed by atoms with Crippen LogP contribution in [0.2, 0.25) is 0 Å². The molecule has 4 nitrogen and oxygen atoms in total. The fourth-order valence-electron chi connectivity index (χ4n) is 3.04. The van der Waals surface area contributed by atoms with Crippen molar-refractivity contribution >= 4 is 17.6 Å². The molecule has 0 bridgehead atoms. The number of hydrogen-bond acceptors (Lipinski definition) is 4. The van der Waals surface area contributed by atoms with Crippen molar-refractivity contribution in [3.8, 4) is 17.2 Å². The molecule has 0 atom stereocenters. The molecule has 0 saturated carbocycles. The van der Waals surface area contributed by atoms with Crippen molar-refractivity contribution in [2.75, 3.05) is 18.6 Å². The van der Waals surface area contributed by atoms with Gasteiger partial charge in [-0.3, -0.25) is 4.99 Å². The lowest BCUT2D eigenvalue weighted by atomic mass is 10.1. The maximum absolute atomic E-state index is 6.12. The molecule has 4 rings (SSSR count). The van der Waals surface area contributed by atoms with E-state index in [4.69, 9.17) is 9.47 Å². The SMILES string of the molecule is COc1ccc(Oc2ccccc2CN2CC=Nc3ccccc32)cc1. The van der Waals surface area contributed by atoms with Crippen LogP contribution in [0.1, 0.15) is 5.56 Å². The third-order valence-corrected chi connectivity index (χ3v) is 4.38. The highest BCUT2D eigenvalue weighted by molar-refractivity contribution is 5.81. The first-order valence-corrected chi connectivity index (χ1v) is 8.60. The molecular weight excluding hydrogens is 324 g/mol. The number of rotatable bonds is 5. The van der Waals surface area contributed by atoms with Gasteiger partial charge in [-0.25, -0.2) is 0 Å². The summed E-state index contributed by atoms with van der Waals surface area (Å²) in [6, 6.07) is 24.0. The molecule has 4 heteroatoms. The third kappa shape index (κ3) is 3.40. The summed E-state index contributed by atoms with van der Waals surface area (Å²) in [5.74, 6) is 2.46. The minimum atomic E-state index is 0.759. The van der Waals surface area contributed by atoms with Crippen LogP contribution < -0.4 is 14.4 Å². The molecule has 0 saturated heterocycles. The Hall–Kier alpha value is -3.27. The number of ether oxygens (including phenoxy) is 2. The van der Waals surface area contributed by atoms with E-state index in [1.54, 1.807) is 7.11 Å². The zero-order valence-corrected chi connectivity index (χ0v) is 14.6. The number of anilines is 1. The fraction of sp³-hybridized carbons (Fsp3) is 0.136. The predicted octanol–water partition coefficient (Wildman–Crippen LogP) is 5.21. The van der Waals surface area contributed by atoms with Crippen LogP contribution in [-0.2, 0) is 6.54 Å². The molecule has 3 aromatic carbocycles. The Labute approximate surface area is 153 Å². The number of methoxy groups -OCH3 is 1. The molecule has 0 amide bonds. The Kier molecular flexibility index (Phi) is 4.56. The molecular formula is C22H20N2O2. The van der Waals surface area contributed by atoms with Crippen LogP contribution in [0.25, 0.3) is 0 Å². The Morgan fingerprint density at radius 2 is 1.62 bits per heavy atom. The zero-order valence-electron chi connectivity index (χ0n) is 14.6. The minimum absolute atomic E-state index is 0.759. The van der Waals surface area contributed by atoms with Gasteiger partial charge in [0.1, 0.15) is 17.2 Å². The molecule has 0 aliphatic carbocycles. The second-order valence-electron chi connectivity index (χ2n) is 6.07. The normalized spacial score (nSPS) is 12.6. The van der Waals surface area contributed by atoms with Crippen molar-refractivity contribution in [3.05, 3.63) is 78.4 Å². The van der Waals surface area contributed by atoms with Crippen LogP contribution in [0.5, 0.6) is 17.2 Å². The van der Waals surface area contributed by atoms with E-state index in [0.717, 1.165) is 47.3 Å². The Balaban J connectivity index is 1.57. The molecule has 1 aliphatic heterocycles. The van der Waals surface area contributed by atoms with Gasteiger partial charge in [-0.15, -0.1) is 0 Å². The zero-order chi connectivity index (χ0) is 17.8. The monoisotopic (exact) mass is 344 g/mol. The summed E-state index contributed by atoms with van der Waals surface area (Å²) in [4.78, 5) is 6.79. The maximum Gasteiger partial charge on any atom is 0.132 e. The van der Waals surface area contributed by atoms with Gasteiger partial charge in [-0.05, 0) is 42.5 Å². The summed E-state index contributed by atoms with van der Waals surface area (Å²) >= 11 is 0. The Bertz CT molecular complexity index is 919. The highest BCUT2D eigenvalue weighted by atomic mass is 16.5. The lowest BCUT2D eigenvalue weighted by Crippen LogP contribution is -2.26. The summed E-state index contributed by atoms with van der Waals surface area (Å²) in [6.45, 7) is 1.54. The molecule has 1 aliphatic rings. The van der Waals surface area contributed by atoms with E-state index < -0.39 is 0 Å². The quantitative estimate of drug-likeness (QED) is 0.637. The first kappa shape index (κ1) is 16.2. The molecule has 0 unspecified atom stereocenters. The largest absolute Gasteiger partial charge is 0.497 e. The van der Waals surface area contributed by atoms with Crippen LogP contribution in [0.3, 0.4) is 0 Å². The van der Waals surface area contributed by atoms with Gasteiger partial charge in [0.05, 0.1) is 25.0 Å². The summed E-state index contributed by atoms with van der Waals surface area (Å²) in [6.07, 6.45) is 1.95. The smallest absolute Gasteiger partial charge is 0.132 e. The fourth-order valence-corrected chi connectivity index (χ4v) is 3.04. The first-order valence-electron chi connectivity index (χ1n) is 8.60. The molecule has 130 valence electrons. The average Bonchev–Trinajstić information content (AvgIpc) is 2.70. The molecule has 0 aromatic heterocycles. The number of fused-ring (bicyclic) bond motifs is 1. The standard InChI is InChI=1S/C22H20N2O2/c1-25-18-10-12-19(13-11-18)26-22-9-5-2-6-17(22)16-24-15-14-23-20-7-3-4-8-21(20)24/h2-14H,15-16H2,1H3. The van der Waals surface area contributed by atoms with Gasteiger partial charge in [0.15, 0.2) is 0 Å². The van der Waals surface area contributed by atoms with Crippen molar-refractivity contribution in [1.82, 2.24) is 0 Å². The van der Waals surface area contributed by atoms with Crippen LogP contribution >= 0.6 is 0 Å². The van der Waals surface area contributed by atoms with Crippen molar-refractivity contribution in [1.29, 1.82) is 0 Å². The van der Waals surface area contributed by atoms with E-state index in [1.165, 1.54) is 0 Å². The minimum Gasteiger partial charge on any atom is -0.497 e. The molecule has 0 spiro atoms. The van der Waals surface area contributed by atoms with Crippen LogP contribution in [0, 0.1) is 0 Å². The molecule has 3 aromatic rings. The van der Waals surface area contributed by atoms with E-state index in [2.05, 4.69) is 22.0 Å². The molecule has 0 N–H and O–H groups in total. The molecule has 1 heterocycles. The van der Waals surface area contributed by atoms with E-state index in [-0.39, 0.29) is 0 Å². The number of benzene rings is 3. The lowest BCUT2D eigenvalue weighted by molar-refractivity contribution is 0.412. The lowest BCUT2D eigenvalue weighted by Gasteiger charge is -2.28. The Morgan fingerprint density at radius 3 is 2.46 bits per heavy atom. The number of hydrogen-bond donors (Lipinski definition) is 0. The average molecular weight is 344 g/mol.